The van der Waals surface area contributed by atoms with Gasteiger partial charge in [-0.3, -0.25) is 9.59 Å². The average molecular weight is 251 g/mol. The summed E-state index contributed by atoms with van der Waals surface area (Å²) in [5, 5.41) is 12.0. The van der Waals surface area contributed by atoms with Crippen LogP contribution in [0.25, 0.3) is 0 Å². The number of likely N-dealkylation sites (N-methyl/N-ethyl adjacent to an activating group) is 1. The Bertz CT molecular complexity index is 396. The van der Waals surface area contributed by atoms with Gasteiger partial charge in [-0.15, -0.1) is 0 Å². The molecule has 2 aliphatic heterocycles. The summed E-state index contributed by atoms with van der Waals surface area (Å²) in [6, 6.07) is 1.62. The Morgan fingerprint density at radius 1 is 1.56 bits per heavy atom. The molecule has 6 heteroatoms. The zero-order chi connectivity index (χ0) is 13.2. The third-order valence-electron chi connectivity index (χ3n) is 3.73. The minimum absolute atomic E-state index is 0.0801. The lowest BCUT2D eigenvalue weighted by Crippen LogP contribution is -2.49. The van der Waals surface area contributed by atoms with E-state index in [-0.39, 0.29) is 11.8 Å². The second-order valence-electron chi connectivity index (χ2n) is 4.88. The van der Waals surface area contributed by atoms with Crippen molar-refractivity contribution in [1.29, 1.82) is 5.26 Å². The molecule has 1 N–H and O–H groups in total. The van der Waals surface area contributed by atoms with Gasteiger partial charge in [0.2, 0.25) is 11.8 Å². The zero-order valence-electron chi connectivity index (χ0n) is 10.4. The highest BCUT2D eigenvalue weighted by molar-refractivity contribution is 5.92. The number of amides is 2. The van der Waals surface area contributed by atoms with Crippen molar-refractivity contribution in [3.05, 3.63) is 0 Å². The SMILES string of the molecule is CN1CCC(NC(=O)C2(C#N)CCOCC2)C1=O. The molecule has 0 spiro atoms. The zero-order valence-corrected chi connectivity index (χ0v) is 10.4. The van der Waals surface area contributed by atoms with Crippen LogP contribution in [0.1, 0.15) is 19.3 Å². The van der Waals surface area contributed by atoms with Gasteiger partial charge < -0.3 is 15.0 Å². The van der Waals surface area contributed by atoms with Crippen LogP contribution in [0.5, 0.6) is 0 Å². The highest BCUT2D eigenvalue weighted by Gasteiger charge is 2.43. The van der Waals surface area contributed by atoms with E-state index in [1.807, 2.05) is 0 Å². The molecular weight excluding hydrogens is 234 g/mol. The lowest BCUT2D eigenvalue weighted by atomic mass is 9.80. The van der Waals surface area contributed by atoms with E-state index in [4.69, 9.17) is 4.74 Å². The number of hydrogen-bond acceptors (Lipinski definition) is 4. The number of nitriles is 1. The fraction of sp³-hybridized carbons (Fsp3) is 0.750. The van der Waals surface area contributed by atoms with Crippen molar-refractivity contribution in [1.82, 2.24) is 10.2 Å². The normalized spacial score (nSPS) is 26.8. The first-order valence-corrected chi connectivity index (χ1v) is 6.14. The maximum absolute atomic E-state index is 12.2. The van der Waals surface area contributed by atoms with E-state index >= 15 is 0 Å². The van der Waals surface area contributed by atoms with Crippen LogP contribution < -0.4 is 5.32 Å². The summed E-state index contributed by atoms with van der Waals surface area (Å²) in [5.74, 6) is -0.412. The van der Waals surface area contributed by atoms with Crippen molar-refractivity contribution < 1.29 is 14.3 Å². The van der Waals surface area contributed by atoms with Gasteiger partial charge in [-0.25, -0.2) is 0 Å². The van der Waals surface area contributed by atoms with Gasteiger partial charge in [0.05, 0.1) is 6.07 Å². The van der Waals surface area contributed by atoms with E-state index in [9.17, 15) is 14.9 Å². The molecule has 2 amide bonds. The number of ether oxygens (including phenoxy) is 1. The fourth-order valence-corrected chi connectivity index (χ4v) is 2.36. The van der Waals surface area contributed by atoms with Gasteiger partial charge in [0.15, 0.2) is 0 Å². The predicted octanol–water partition coefficient (Wildman–Crippen LogP) is -0.346. The molecular formula is C12H17N3O3. The number of likely N-dealkylation sites (tertiary alicyclic amines) is 1. The van der Waals surface area contributed by atoms with Gasteiger partial charge in [0, 0.05) is 26.8 Å². The molecule has 6 nitrogen and oxygen atoms in total. The van der Waals surface area contributed by atoms with Crippen molar-refractivity contribution in [2.75, 3.05) is 26.8 Å². The van der Waals surface area contributed by atoms with E-state index in [1.165, 1.54) is 0 Å². The third-order valence-corrected chi connectivity index (χ3v) is 3.73. The van der Waals surface area contributed by atoms with E-state index < -0.39 is 11.5 Å². The number of nitrogens with one attached hydrogen (secondary N) is 1. The first-order valence-electron chi connectivity index (χ1n) is 6.14. The van der Waals surface area contributed by atoms with E-state index in [2.05, 4.69) is 11.4 Å². The molecule has 1 unspecified atom stereocenters. The third kappa shape index (κ3) is 2.18. The quantitative estimate of drug-likeness (QED) is 0.727. The topological polar surface area (TPSA) is 82.4 Å². The fourth-order valence-electron chi connectivity index (χ4n) is 2.36. The van der Waals surface area contributed by atoms with Gasteiger partial charge in [-0.1, -0.05) is 0 Å². The molecule has 98 valence electrons. The van der Waals surface area contributed by atoms with Crippen LogP contribution in [-0.2, 0) is 14.3 Å². The van der Waals surface area contributed by atoms with E-state index in [0.717, 1.165) is 0 Å². The predicted molar refractivity (Wildman–Crippen MR) is 62.3 cm³/mol. The van der Waals surface area contributed by atoms with Crippen LogP contribution in [0.2, 0.25) is 0 Å². The molecule has 2 aliphatic rings. The molecule has 0 aliphatic carbocycles. The number of rotatable bonds is 2. The second kappa shape index (κ2) is 4.94. The monoisotopic (exact) mass is 251 g/mol. The van der Waals surface area contributed by atoms with E-state index in [1.54, 1.807) is 11.9 Å². The van der Waals surface area contributed by atoms with Crippen LogP contribution in [0.15, 0.2) is 0 Å². The Labute approximate surface area is 106 Å². The van der Waals surface area contributed by atoms with Gasteiger partial charge in [-0.05, 0) is 19.3 Å². The molecule has 1 atom stereocenters. The summed E-state index contributed by atoms with van der Waals surface area (Å²) < 4.78 is 5.18. The van der Waals surface area contributed by atoms with Crippen molar-refractivity contribution >= 4 is 11.8 Å². The molecule has 0 radical (unpaired) electrons. The van der Waals surface area contributed by atoms with Gasteiger partial charge in [0.25, 0.3) is 0 Å². The Kier molecular flexibility index (Phi) is 3.53. The molecule has 18 heavy (non-hydrogen) atoms. The van der Waals surface area contributed by atoms with E-state index in [0.29, 0.717) is 39.0 Å². The molecule has 0 aromatic rings. The molecule has 0 bridgehead atoms. The smallest absolute Gasteiger partial charge is 0.244 e. The average Bonchev–Trinajstić information content (AvgIpc) is 2.71. The second-order valence-corrected chi connectivity index (χ2v) is 4.88. The molecule has 2 saturated heterocycles. The van der Waals surface area contributed by atoms with Crippen LogP contribution in [0.3, 0.4) is 0 Å². The van der Waals surface area contributed by atoms with Crippen LogP contribution in [-0.4, -0.2) is 49.6 Å². The lowest BCUT2D eigenvalue weighted by molar-refractivity contribution is -0.137. The van der Waals surface area contributed by atoms with Crippen LogP contribution in [0, 0.1) is 16.7 Å². The number of hydrogen-bond donors (Lipinski definition) is 1. The highest BCUT2D eigenvalue weighted by atomic mass is 16.5. The number of nitrogens with zero attached hydrogens (tertiary/aromatic N) is 2. The summed E-state index contributed by atoms with van der Waals surface area (Å²) in [6.45, 7) is 1.48. The maximum atomic E-state index is 12.2. The summed E-state index contributed by atoms with van der Waals surface area (Å²) in [6.07, 6.45) is 1.40. The number of carbonyl (C=O) groups is 2. The molecule has 2 rings (SSSR count). The Morgan fingerprint density at radius 2 is 2.22 bits per heavy atom. The van der Waals surface area contributed by atoms with Crippen molar-refractivity contribution in [3.63, 3.8) is 0 Å². The Balaban J connectivity index is 2.03. The molecule has 0 aromatic heterocycles. The first kappa shape index (κ1) is 12.8. The molecule has 2 heterocycles. The summed E-state index contributed by atoms with van der Waals surface area (Å²) in [4.78, 5) is 25.5. The molecule has 2 fully saturated rings. The minimum Gasteiger partial charge on any atom is -0.381 e. The Hall–Kier alpha value is -1.61. The van der Waals surface area contributed by atoms with Crippen molar-refractivity contribution in [2.24, 2.45) is 5.41 Å². The Morgan fingerprint density at radius 3 is 2.72 bits per heavy atom. The largest absolute Gasteiger partial charge is 0.381 e. The molecule has 0 saturated carbocycles. The van der Waals surface area contributed by atoms with Gasteiger partial charge in [0.1, 0.15) is 11.5 Å². The van der Waals surface area contributed by atoms with Gasteiger partial charge in [-0.2, -0.15) is 5.26 Å². The van der Waals surface area contributed by atoms with Crippen molar-refractivity contribution in [3.8, 4) is 6.07 Å². The lowest BCUT2D eigenvalue weighted by Gasteiger charge is -2.30. The summed E-state index contributed by atoms with van der Waals surface area (Å²) >= 11 is 0. The number of carbonyl (C=O) groups excluding carboxylic acids is 2. The van der Waals surface area contributed by atoms with Crippen molar-refractivity contribution in [2.45, 2.75) is 25.3 Å². The van der Waals surface area contributed by atoms with Gasteiger partial charge >= 0.3 is 0 Å². The minimum atomic E-state index is -1.03. The summed E-state index contributed by atoms with van der Waals surface area (Å²) in [7, 11) is 1.71. The standard InChI is InChI=1S/C12H17N3O3/c1-15-5-2-9(10(15)16)14-11(17)12(8-13)3-6-18-7-4-12/h9H,2-7H2,1H3,(H,14,17). The first-order chi connectivity index (χ1) is 8.59. The molecule has 0 aromatic carbocycles. The highest BCUT2D eigenvalue weighted by Crippen LogP contribution is 2.30. The van der Waals surface area contributed by atoms with Crippen LogP contribution >= 0.6 is 0 Å². The summed E-state index contributed by atoms with van der Waals surface area (Å²) in [5.41, 5.74) is -1.03. The van der Waals surface area contributed by atoms with Crippen LogP contribution in [0.4, 0.5) is 0 Å². The maximum Gasteiger partial charge on any atom is 0.244 e.